The maximum atomic E-state index is 5.99. The van der Waals surface area contributed by atoms with Crippen molar-refractivity contribution in [2.75, 3.05) is 6.54 Å². The minimum Gasteiger partial charge on any atom is -0.328 e. The predicted molar refractivity (Wildman–Crippen MR) is 107 cm³/mol. The Morgan fingerprint density at radius 3 is 2.57 bits per heavy atom. The summed E-state index contributed by atoms with van der Waals surface area (Å²) in [5, 5.41) is 9.04. The van der Waals surface area contributed by atoms with Gasteiger partial charge in [-0.05, 0) is 32.6 Å². The molecular weight excluding hydrogens is 352 g/mol. The molecule has 1 atom stereocenters. The first-order chi connectivity index (χ1) is 13.6. The molecule has 144 valence electrons. The molecule has 1 unspecified atom stereocenters. The van der Waals surface area contributed by atoms with Crippen LogP contribution in [0.3, 0.4) is 0 Å². The van der Waals surface area contributed by atoms with Gasteiger partial charge >= 0.3 is 0 Å². The van der Waals surface area contributed by atoms with Crippen molar-refractivity contribution in [3.05, 3.63) is 43.2 Å². The third kappa shape index (κ3) is 2.90. The van der Waals surface area contributed by atoms with Gasteiger partial charge in [-0.1, -0.05) is 0 Å². The van der Waals surface area contributed by atoms with Crippen molar-refractivity contribution in [2.45, 2.75) is 38.8 Å². The Morgan fingerprint density at radius 2 is 1.86 bits per heavy atom. The summed E-state index contributed by atoms with van der Waals surface area (Å²) in [5.74, 6) is 1.47. The molecule has 1 fully saturated rings. The zero-order valence-electron chi connectivity index (χ0n) is 16.1. The van der Waals surface area contributed by atoms with E-state index in [1.165, 1.54) is 12.8 Å². The van der Waals surface area contributed by atoms with Crippen LogP contribution in [0.5, 0.6) is 0 Å². The molecule has 1 aliphatic rings. The van der Waals surface area contributed by atoms with Gasteiger partial charge in [0.25, 0.3) is 0 Å². The summed E-state index contributed by atoms with van der Waals surface area (Å²) in [6.07, 6.45) is 14.0. The van der Waals surface area contributed by atoms with E-state index in [0.29, 0.717) is 18.5 Å². The molecule has 0 amide bonds. The molecule has 4 heterocycles. The van der Waals surface area contributed by atoms with E-state index in [1.54, 1.807) is 6.20 Å². The molecule has 8 nitrogen and oxygen atoms in total. The summed E-state index contributed by atoms with van der Waals surface area (Å²) in [7, 11) is 0. The average molecular weight is 376 g/mol. The van der Waals surface area contributed by atoms with Gasteiger partial charge in [-0.3, -0.25) is 13.8 Å². The van der Waals surface area contributed by atoms with Gasteiger partial charge in [0.05, 0.1) is 29.7 Å². The molecule has 8 heteroatoms. The number of nitrogens with zero attached hydrogens (tertiary/aromatic N) is 7. The zero-order chi connectivity index (χ0) is 19.3. The van der Waals surface area contributed by atoms with Crippen molar-refractivity contribution in [1.82, 2.24) is 33.9 Å². The fourth-order valence-corrected chi connectivity index (χ4v) is 3.66. The molecule has 28 heavy (non-hydrogen) atoms. The summed E-state index contributed by atoms with van der Waals surface area (Å²) in [4.78, 5) is 9.41. The number of hydrogen-bond acceptors (Lipinski definition) is 5. The van der Waals surface area contributed by atoms with E-state index in [2.05, 4.69) is 35.2 Å². The second kappa shape index (κ2) is 6.56. The molecule has 0 spiro atoms. The number of aromatic nitrogens is 7. The highest BCUT2D eigenvalue weighted by Gasteiger charge is 2.32. The number of hydrogen-bond donors (Lipinski definition) is 1. The lowest BCUT2D eigenvalue weighted by molar-refractivity contribution is 0.414. The largest absolute Gasteiger partial charge is 0.328 e. The number of fused-ring (bicyclic) bond motifs is 1. The lowest BCUT2D eigenvalue weighted by Gasteiger charge is -2.13. The summed E-state index contributed by atoms with van der Waals surface area (Å²) in [6.45, 7) is 4.82. The molecule has 0 aromatic carbocycles. The third-order valence-corrected chi connectivity index (χ3v) is 5.42. The van der Waals surface area contributed by atoms with Gasteiger partial charge in [-0.15, -0.1) is 0 Å². The van der Waals surface area contributed by atoms with Gasteiger partial charge in [0.2, 0.25) is 0 Å². The van der Waals surface area contributed by atoms with Gasteiger partial charge in [-0.25, -0.2) is 9.97 Å². The second-order valence-electron chi connectivity index (χ2n) is 7.77. The van der Waals surface area contributed by atoms with Crippen LogP contribution in [0.2, 0.25) is 0 Å². The maximum absolute atomic E-state index is 5.99. The molecule has 4 aromatic heterocycles. The minimum absolute atomic E-state index is 0.263. The molecule has 5 rings (SSSR count). The molecule has 0 bridgehead atoms. The number of nitrogens with two attached hydrogens (primary N) is 1. The molecule has 2 N–H and O–H groups in total. The van der Waals surface area contributed by atoms with Crippen molar-refractivity contribution in [3.63, 3.8) is 0 Å². The van der Waals surface area contributed by atoms with Crippen LogP contribution < -0.4 is 5.73 Å². The molecular formula is C20H24N8. The van der Waals surface area contributed by atoms with E-state index in [-0.39, 0.29) is 6.04 Å². The van der Waals surface area contributed by atoms with Gasteiger partial charge in [0.15, 0.2) is 0 Å². The quantitative estimate of drug-likeness (QED) is 0.558. The van der Waals surface area contributed by atoms with Crippen LogP contribution in [0, 0.1) is 5.92 Å². The molecule has 4 aromatic rings. The van der Waals surface area contributed by atoms with Crippen LogP contribution in [0.25, 0.3) is 28.3 Å². The van der Waals surface area contributed by atoms with Gasteiger partial charge < -0.3 is 5.73 Å². The van der Waals surface area contributed by atoms with Crippen molar-refractivity contribution in [3.8, 4) is 22.6 Å². The Kier molecular flexibility index (Phi) is 4.01. The normalized spacial score (nSPS) is 15.6. The Bertz CT molecular complexity index is 1110. The van der Waals surface area contributed by atoms with Crippen LogP contribution in [-0.4, -0.2) is 40.5 Å². The SMILES string of the molecule is CC(C)n1cc(-c2cc3nccn3c(-c3cnn(C(CN)C4CC4)c3)n2)cn1. The highest BCUT2D eigenvalue weighted by Crippen LogP contribution is 2.39. The van der Waals surface area contributed by atoms with Crippen LogP contribution >= 0.6 is 0 Å². The van der Waals surface area contributed by atoms with E-state index in [1.807, 2.05) is 44.6 Å². The highest BCUT2D eigenvalue weighted by atomic mass is 15.3. The zero-order valence-corrected chi connectivity index (χ0v) is 16.1. The van der Waals surface area contributed by atoms with Gasteiger partial charge in [-0.2, -0.15) is 10.2 Å². The van der Waals surface area contributed by atoms with Crippen LogP contribution in [0.15, 0.2) is 43.2 Å². The average Bonchev–Trinajstić information content (AvgIpc) is 3.12. The minimum atomic E-state index is 0.263. The number of imidazole rings is 1. The standard InChI is InChI=1S/C20H24N8/c1-13(2)27-11-15(9-23-27)17-7-19-22-5-6-26(19)20(25-17)16-10-24-28(12-16)18(8-21)14-3-4-14/h5-7,9-14,18H,3-4,8,21H2,1-2H3. The fraction of sp³-hybridized carbons (Fsp3) is 0.400. The first kappa shape index (κ1) is 17.1. The van der Waals surface area contributed by atoms with Gasteiger partial charge in [0, 0.05) is 49.0 Å². The Morgan fingerprint density at radius 1 is 1.11 bits per heavy atom. The molecule has 0 aliphatic heterocycles. The lowest BCUT2D eigenvalue weighted by Crippen LogP contribution is -2.21. The summed E-state index contributed by atoms with van der Waals surface area (Å²) >= 11 is 0. The van der Waals surface area contributed by atoms with Crippen LogP contribution in [0.1, 0.15) is 38.8 Å². The lowest BCUT2D eigenvalue weighted by atomic mass is 10.2. The monoisotopic (exact) mass is 376 g/mol. The molecule has 0 radical (unpaired) electrons. The first-order valence-electron chi connectivity index (χ1n) is 9.77. The molecule has 1 saturated carbocycles. The third-order valence-electron chi connectivity index (χ3n) is 5.42. The van der Waals surface area contributed by atoms with E-state index in [9.17, 15) is 0 Å². The fourth-order valence-electron chi connectivity index (χ4n) is 3.66. The molecule has 0 saturated heterocycles. The Labute approximate surface area is 163 Å². The first-order valence-corrected chi connectivity index (χ1v) is 9.77. The smallest absolute Gasteiger partial charge is 0.149 e. The topological polar surface area (TPSA) is 91.9 Å². The van der Waals surface area contributed by atoms with E-state index in [4.69, 9.17) is 10.7 Å². The van der Waals surface area contributed by atoms with E-state index >= 15 is 0 Å². The Balaban J connectivity index is 1.59. The predicted octanol–water partition coefficient (Wildman–Crippen LogP) is 2.95. The maximum Gasteiger partial charge on any atom is 0.149 e. The van der Waals surface area contributed by atoms with Crippen LogP contribution in [0.4, 0.5) is 0 Å². The summed E-state index contributed by atoms with van der Waals surface area (Å²) < 4.78 is 5.93. The van der Waals surface area contributed by atoms with Crippen molar-refractivity contribution >= 4 is 5.65 Å². The highest BCUT2D eigenvalue weighted by molar-refractivity contribution is 5.68. The van der Waals surface area contributed by atoms with Gasteiger partial charge in [0.1, 0.15) is 11.5 Å². The summed E-state index contributed by atoms with van der Waals surface area (Å²) in [5.41, 5.74) is 9.63. The van der Waals surface area contributed by atoms with Crippen LogP contribution in [-0.2, 0) is 0 Å². The summed E-state index contributed by atoms with van der Waals surface area (Å²) in [6, 6.07) is 2.55. The van der Waals surface area contributed by atoms with Crippen molar-refractivity contribution < 1.29 is 0 Å². The second-order valence-corrected chi connectivity index (χ2v) is 7.77. The van der Waals surface area contributed by atoms with Crippen molar-refractivity contribution in [1.29, 1.82) is 0 Å². The number of rotatable bonds is 6. The van der Waals surface area contributed by atoms with Crippen molar-refractivity contribution in [2.24, 2.45) is 11.7 Å². The molecule has 1 aliphatic carbocycles. The van der Waals surface area contributed by atoms with E-state index < -0.39 is 0 Å². The Hall–Kier alpha value is -3.00. The van der Waals surface area contributed by atoms with E-state index in [0.717, 1.165) is 28.3 Å².